The van der Waals surface area contributed by atoms with Gasteiger partial charge in [0.15, 0.2) is 23.0 Å². The number of hydrogen-bond donors (Lipinski definition) is 0. The van der Waals surface area contributed by atoms with Crippen molar-refractivity contribution in [3.05, 3.63) is 42.0 Å². The molecule has 7 nitrogen and oxygen atoms in total. The zero-order valence-electron chi connectivity index (χ0n) is 16.8. The summed E-state index contributed by atoms with van der Waals surface area (Å²) in [5, 5.41) is 0. The molecule has 0 radical (unpaired) electrons. The van der Waals surface area contributed by atoms with Gasteiger partial charge in [0.05, 0.1) is 6.54 Å². The van der Waals surface area contributed by atoms with Gasteiger partial charge in [0.1, 0.15) is 12.4 Å². The largest absolute Gasteiger partial charge is 0.481 e. The van der Waals surface area contributed by atoms with Crippen LogP contribution >= 0.6 is 0 Å². The molecule has 2 aromatic rings. The fourth-order valence-electron chi connectivity index (χ4n) is 3.71. The van der Waals surface area contributed by atoms with Crippen LogP contribution in [0, 0.1) is 11.8 Å². The fraction of sp³-hybridized carbons (Fsp3) is 0.391. The molecule has 0 aromatic heterocycles. The molecule has 0 spiro atoms. The van der Waals surface area contributed by atoms with Crippen LogP contribution in [0.4, 0.5) is 0 Å². The summed E-state index contributed by atoms with van der Waals surface area (Å²) in [6, 6.07) is 11.8. The summed E-state index contributed by atoms with van der Waals surface area (Å²) in [4.78, 5) is 4.84. The lowest BCUT2D eigenvalue weighted by atomic mass is 10.1. The maximum atomic E-state index is 5.68. The van der Waals surface area contributed by atoms with Gasteiger partial charge in [-0.3, -0.25) is 9.80 Å². The van der Waals surface area contributed by atoms with Crippen LogP contribution in [0.2, 0.25) is 0 Å². The summed E-state index contributed by atoms with van der Waals surface area (Å²) in [5.41, 5.74) is 1.26. The zero-order chi connectivity index (χ0) is 20.2. The fourth-order valence-corrected chi connectivity index (χ4v) is 3.71. The first-order valence-electron chi connectivity index (χ1n) is 10.1. The lowest BCUT2D eigenvalue weighted by Gasteiger charge is -2.33. The second kappa shape index (κ2) is 8.74. The van der Waals surface area contributed by atoms with Gasteiger partial charge < -0.3 is 23.7 Å². The summed E-state index contributed by atoms with van der Waals surface area (Å²) >= 11 is 0. The number of fused-ring (bicyclic) bond motifs is 2. The van der Waals surface area contributed by atoms with Crippen molar-refractivity contribution < 1.29 is 23.7 Å². The molecule has 3 aliphatic rings. The van der Waals surface area contributed by atoms with Crippen molar-refractivity contribution in [1.29, 1.82) is 0 Å². The normalized spacial score (nSPS) is 17.5. The Hall–Kier alpha value is -3.08. The quantitative estimate of drug-likeness (QED) is 0.704. The minimum absolute atomic E-state index is 0.266. The van der Waals surface area contributed by atoms with Gasteiger partial charge in [0.2, 0.25) is 13.6 Å². The molecule has 3 heterocycles. The van der Waals surface area contributed by atoms with Crippen molar-refractivity contribution in [2.45, 2.75) is 6.54 Å². The highest BCUT2D eigenvalue weighted by Gasteiger charge is 2.18. The highest BCUT2D eigenvalue weighted by Crippen LogP contribution is 2.35. The highest BCUT2D eigenvalue weighted by atomic mass is 16.7. The lowest BCUT2D eigenvalue weighted by Crippen LogP contribution is -2.45. The van der Waals surface area contributed by atoms with Crippen LogP contribution in [-0.4, -0.2) is 62.7 Å². The average Bonchev–Trinajstić information content (AvgIpc) is 3.43. The molecule has 1 fully saturated rings. The van der Waals surface area contributed by atoms with E-state index in [2.05, 4.69) is 33.8 Å². The minimum Gasteiger partial charge on any atom is -0.481 e. The number of ether oxygens (including phenoxy) is 5. The Morgan fingerprint density at radius 3 is 2.20 bits per heavy atom. The molecule has 0 aliphatic carbocycles. The van der Waals surface area contributed by atoms with Gasteiger partial charge in [-0.15, -0.1) is 0 Å². The monoisotopic (exact) mass is 408 g/mol. The van der Waals surface area contributed by atoms with Crippen LogP contribution in [-0.2, 0) is 6.54 Å². The summed E-state index contributed by atoms with van der Waals surface area (Å²) in [6.07, 6.45) is 0. The van der Waals surface area contributed by atoms with Crippen molar-refractivity contribution in [1.82, 2.24) is 9.80 Å². The van der Waals surface area contributed by atoms with Crippen LogP contribution in [0.3, 0.4) is 0 Å². The molecule has 30 heavy (non-hydrogen) atoms. The smallest absolute Gasteiger partial charge is 0.231 e. The third-order valence-corrected chi connectivity index (χ3v) is 5.39. The molecule has 0 saturated carbocycles. The zero-order valence-corrected chi connectivity index (χ0v) is 16.8. The Labute approximate surface area is 176 Å². The maximum absolute atomic E-state index is 5.68. The maximum Gasteiger partial charge on any atom is 0.231 e. The molecule has 7 heteroatoms. The van der Waals surface area contributed by atoms with E-state index in [1.54, 1.807) is 0 Å². The Kier molecular flexibility index (Phi) is 5.51. The molecule has 1 saturated heterocycles. The molecular formula is C23H24N2O5. The summed E-state index contributed by atoms with van der Waals surface area (Å²) < 4.78 is 27.2. The first-order chi connectivity index (χ1) is 14.8. The van der Waals surface area contributed by atoms with E-state index in [0.717, 1.165) is 68.0 Å². The molecule has 0 atom stereocenters. The molecule has 156 valence electrons. The SMILES string of the molecule is C(#CCN1CCN(Cc2ccc3c(c2)OCO3)CC1)COc1ccc2c(c1)OCO2. The third-order valence-electron chi connectivity index (χ3n) is 5.39. The molecule has 3 aliphatic heterocycles. The second-order valence-electron chi connectivity index (χ2n) is 7.40. The molecule has 5 rings (SSSR count). The van der Waals surface area contributed by atoms with Gasteiger partial charge in [-0.2, -0.15) is 0 Å². The molecule has 2 aromatic carbocycles. The van der Waals surface area contributed by atoms with Crippen molar-refractivity contribution in [3.63, 3.8) is 0 Å². The van der Waals surface area contributed by atoms with E-state index in [1.165, 1.54) is 5.56 Å². The van der Waals surface area contributed by atoms with Gasteiger partial charge in [-0.25, -0.2) is 0 Å². The van der Waals surface area contributed by atoms with Gasteiger partial charge in [0.25, 0.3) is 0 Å². The molecule has 0 unspecified atom stereocenters. The van der Waals surface area contributed by atoms with E-state index >= 15 is 0 Å². The first-order valence-corrected chi connectivity index (χ1v) is 10.1. The van der Waals surface area contributed by atoms with Crippen molar-refractivity contribution in [2.75, 3.05) is 52.9 Å². The number of rotatable bonds is 5. The predicted molar refractivity (Wildman–Crippen MR) is 110 cm³/mol. The second-order valence-corrected chi connectivity index (χ2v) is 7.40. The Balaban J connectivity index is 1.02. The number of nitrogens with zero attached hydrogens (tertiary/aromatic N) is 2. The van der Waals surface area contributed by atoms with Crippen LogP contribution in [0.5, 0.6) is 28.7 Å². The molecular weight excluding hydrogens is 384 g/mol. The van der Waals surface area contributed by atoms with Gasteiger partial charge in [-0.1, -0.05) is 17.9 Å². The topological polar surface area (TPSA) is 52.6 Å². The van der Waals surface area contributed by atoms with E-state index in [0.29, 0.717) is 13.4 Å². The van der Waals surface area contributed by atoms with E-state index < -0.39 is 0 Å². The van der Waals surface area contributed by atoms with E-state index in [-0.39, 0.29) is 6.79 Å². The van der Waals surface area contributed by atoms with Crippen molar-refractivity contribution in [3.8, 4) is 40.6 Å². The third kappa shape index (κ3) is 4.40. The average molecular weight is 408 g/mol. The molecule has 0 N–H and O–H groups in total. The summed E-state index contributed by atoms with van der Waals surface area (Å²) in [6.45, 7) is 6.74. The standard InChI is InChI=1S/C23H24N2O5/c1(2-12-26-19-4-6-21-23(14-19)30-17-28-21)7-24-8-10-25(11-9-24)15-18-3-5-20-22(13-18)29-16-27-20/h3-6,13-14H,7-12,15-17H2. The van der Waals surface area contributed by atoms with Crippen LogP contribution in [0.25, 0.3) is 0 Å². The number of piperazine rings is 1. The highest BCUT2D eigenvalue weighted by molar-refractivity contribution is 5.47. The van der Waals surface area contributed by atoms with E-state index in [9.17, 15) is 0 Å². The Bertz CT molecular complexity index is 960. The van der Waals surface area contributed by atoms with E-state index in [4.69, 9.17) is 23.7 Å². The van der Waals surface area contributed by atoms with Crippen LogP contribution in [0.15, 0.2) is 36.4 Å². The van der Waals surface area contributed by atoms with Gasteiger partial charge in [0, 0.05) is 38.8 Å². The van der Waals surface area contributed by atoms with Crippen molar-refractivity contribution in [2.24, 2.45) is 0 Å². The Morgan fingerprint density at radius 2 is 1.40 bits per heavy atom. The first kappa shape index (κ1) is 18.9. The van der Waals surface area contributed by atoms with Crippen LogP contribution < -0.4 is 23.7 Å². The molecule has 0 bridgehead atoms. The van der Waals surface area contributed by atoms with E-state index in [1.807, 2.05) is 24.3 Å². The van der Waals surface area contributed by atoms with Crippen molar-refractivity contribution >= 4 is 0 Å². The van der Waals surface area contributed by atoms with Gasteiger partial charge in [-0.05, 0) is 29.8 Å². The van der Waals surface area contributed by atoms with Crippen LogP contribution in [0.1, 0.15) is 5.56 Å². The predicted octanol–water partition coefficient (Wildman–Crippen LogP) is 2.34. The number of hydrogen-bond acceptors (Lipinski definition) is 7. The van der Waals surface area contributed by atoms with Gasteiger partial charge >= 0.3 is 0 Å². The Morgan fingerprint density at radius 1 is 0.733 bits per heavy atom. The molecule has 0 amide bonds. The minimum atomic E-state index is 0.266. The number of benzene rings is 2. The summed E-state index contributed by atoms with van der Waals surface area (Å²) in [7, 11) is 0. The summed E-state index contributed by atoms with van der Waals surface area (Å²) in [5.74, 6) is 10.2. The lowest BCUT2D eigenvalue weighted by molar-refractivity contribution is 0.138.